The minimum absolute atomic E-state index is 0.201. The lowest BCUT2D eigenvalue weighted by Crippen LogP contribution is -2.24. The van der Waals surface area contributed by atoms with Crippen molar-refractivity contribution in [3.8, 4) is 34.4 Å². The number of rotatable bonds is 16. The molecular weight excluding hydrogens is 664 g/mol. The number of halogens is 1. The highest BCUT2D eigenvalue weighted by Gasteiger charge is 2.20. The zero-order valence-electron chi connectivity index (χ0n) is 29.0. The standard InChI is InChI=1S/C40H43ClN6O4/c1-27-32(6-3-7-35(27)36-8-4-9-38(28(36)2)49-13-5-11-47-12-10-34(48)24-47)26-51-40-16-39(50-25-30-14-29(17-42)18-43-19-30)33(15-37(40)41)23-44-20-31-21-45-46-22-31/h3-4,6-9,14-16,18-19,21-22,34,44,48H,5,10-13,20,23-26H2,1-2H3,(H,45,46)/t34-/m1/s1. The average Bonchev–Trinajstić information content (AvgIpc) is 3.82. The van der Waals surface area contributed by atoms with Crippen molar-refractivity contribution >= 4 is 11.6 Å². The molecule has 3 aromatic carbocycles. The highest BCUT2D eigenvalue weighted by Crippen LogP contribution is 2.36. The molecule has 1 aliphatic rings. The number of likely N-dealkylation sites (tertiary alicyclic amines) is 1. The predicted molar refractivity (Wildman–Crippen MR) is 197 cm³/mol. The maximum absolute atomic E-state index is 9.79. The van der Waals surface area contributed by atoms with Crippen molar-refractivity contribution in [2.24, 2.45) is 0 Å². The van der Waals surface area contributed by atoms with Gasteiger partial charge in [-0.15, -0.1) is 0 Å². The lowest BCUT2D eigenvalue weighted by atomic mass is 9.93. The highest BCUT2D eigenvalue weighted by atomic mass is 35.5. The van der Waals surface area contributed by atoms with Crippen LogP contribution in [0.25, 0.3) is 11.1 Å². The molecule has 0 saturated carbocycles. The number of pyridine rings is 1. The molecule has 1 saturated heterocycles. The van der Waals surface area contributed by atoms with Crippen LogP contribution in [-0.2, 0) is 26.3 Å². The first-order chi connectivity index (χ1) is 24.9. The van der Waals surface area contributed by atoms with E-state index in [1.54, 1.807) is 18.5 Å². The molecule has 11 heteroatoms. The summed E-state index contributed by atoms with van der Waals surface area (Å²) in [5.41, 5.74) is 8.63. The SMILES string of the molecule is Cc1c(COc2cc(OCc3cncc(C#N)c3)c(CNCc3cn[nH]c3)cc2Cl)cccc1-c1cccc(OCCCN2CC[C@@H](O)C2)c1C. The Morgan fingerprint density at radius 1 is 0.922 bits per heavy atom. The molecule has 5 aromatic rings. The minimum Gasteiger partial charge on any atom is -0.493 e. The second-order valence-electron chi connectivity index (χ2n) is 12.8. The van der Waals surface area contributed by atoms with Crippen LogP contribution in [0.1, 0.15) is 51.8 Å². The van der Waals surface area contributed by atoms with Crippen LogP contribution in [0.15, 0.2) is 79.4 Å². The third-order valence-electron chi connectivity index (χ3n) is 9.16. The summed E-state index contributed by atoms with van der Waals surface area (Å²) in [7, 11) is 0. The van der Waals surface area contributed by atoms with Crippen LogP contribution in [0.4, 0.5) is 0 Å². The van der Waals surface area contributed by atoms with Gasteiger partial charge in [-0.25, -0.2) is 0 Å². The van der Waals surface area contributed by atoms with Gasteiger partial charge < -0.3 is 29.5 Å². The zero-order chi connectivity index (χ0) is 35.6. The van der Waals surface area contributed by atoms with Crippen LogP contribution in [0.2, 0.25) is 5.02 Å². The number of H-pyrrole nitrogens is 1. The van der Waals surface area contributed by atoms with Crippen LogP contribution in [-0.4, -0.2) is 57.5 Å². The number of nitrogens with one attached hydrogen (secondary N) is 2. The number of hydrogen-bond donors (Lipinski definition) is 3. The number of aromatic nitrogens is 3. The number of benzene rings is 3. The Bertz CT molecular complexity index is 1960. The molecule has 264 valence electrons. The zero-order valence-corrected chi connectivity index (χ0v) is 29.7. The third kappa shape index (κ3) is 9.45. The number of hydrogen-bond acceptors (Lipinski definition) is 9. The fourth-order valence-corrected chi connectivity index (χ4v) is 6.54. The van der Waals surface area contributed by atoms with Crippen LogP contribution < -0.4 is 19.5 Å². The summed E-state index contributed by atoms with van der Waals surface area (Å²) in [6, 6.07) is 20.0. The average molecular weight is 707 g/mol. The first-order valence-corrected chi connectivity index (χ1v) is 17.6. The number of ether oxygens (including phenoxy) is 3. The molecule has 6 rings (SSSR count). The van der Waals surface area contributed by atoms with Crippen LogP contribution in [0, 0.1) is 25.2 Å². The summed E-state index contributed by atoms with van der Waals surface area (Å²) in [6.45, 7) is 9.12. The fraction of sp³-hybridized carbons (Fsp3) is 0.325. The van der Waals surface area contributed by atoms with Crippen molar-refractivity contribution in [1.29, 1.82) is 5.26 Å². The summed E-state index contributed by atoms with van der Waals surface area (Å²) < 4.78 is 18.9. The van der Waals surface area contributed by atoms with Gasteiger partial charge in [0.05, 0.1) is 29.5 Å². The Hall–Kier alpha value is -4.92. The molecule has 0 amide bonds. The number of nitriles is 1. The first-order valence-electron chi connectivity index (χ1n) is 17.2. The second-order valence-corrected chi connectivity index (χ2v) is 13.2. The Labute approximate surface area is 304 Å². The van der Waals surface area contributed by atoms with Crippen LogP contribution in [0.3, 0.4) is 0 Å². The molecule has 1 aliphatic heterocycles. The molecule has 0 aliphatic carbocycles. The largest absolute Gasteiger partial charge is 0.493 e. The maximum Gasteiger partial charge on any atom is 0.142 e. The van der Waals surface area contributed by atoms with Crippen molar-refractivity contribution < 1.29 is 19.3 Å². The highest BCUT2D eigenvalue weighted by molar-refractivity contribution is 6.32. The molecule has 0 bridgehead atoms. The molecule has 0 unspecified atom stereocenters. The summed E-state index contributed by atoms with van der Waals surface area (Å²) >= 11 is 6.81. The molecule has 0 spiro atoms. The summed E-state index contributed by atoms with van der Waals surface area (Å²) in [4.78, 5) is 6.45. The smallest absolute Gasteiger partial charge is 0.142 e. The minimum atomic E-state index is -0.201. The van der Waals surface area contributed by atoms with Gasteiger partial charge >= 0.3 is 0 Å². The van der Waals surface area contributed by atoms with E-state index >= 15 is 0 Å². The van der Waals surface area contributed by atoms with E-state index in [2.05, 4.69) is 63.5 Å². The molecule has 2 aromatic heterocycles. The molecule has 3 heterocycles. The van der Waals surface area contributed by atoms with Gasteiger partial charge in [-0.1, -0.05) is 41.9 Å². The van der Waals surface area contributed by atoms with E-state index in [0.717, 1.165) is 82.7 Å². The van der Waals surface area contributed by atoms with Crippen molar-refractivity contribution in [2.75, 3.05) is 26.2 Å². The predicted octanol–water partition coefficient (Wildman–Crippen LogP) is 6.90. The van der Waals surface area contributed by atoms with Crippen molar-refractivity contribution in [2.45, 2.75) is 59.1 Å². The van der Waals surface area contributed by atoms with Gasteiger partial charge in [0.15, 0.2) is 0 Å². The number of aliphatic hydroxyl groups excluding tert-OH is 1. The number of nitrogens with zero attached hydrogens (tertiary/aromatic N) is 4. The summed E-state index contributed by atoms with van der Waals surface area (Å²) in [6.07, 6.45) is 8.39. The van der Waals surface area contributed by atoms with E-state index in [0.29, 0.717) is 48.4 Å². The van der Waals surface area contributed by atoms with E-state index in [9.17, 15) is 10.4 Å². The van der Waals surface area contributed by atoms with E-state index in [4.69, 9.17) is 25.8 Å². The molecular formula is C40H43ClN6O4. The van der Waals surface area contributed by atoms with E-state index in [-0.39, 0.29) is 12.7 Å². The summed E-state index contributed by atoms with van der Waals surface area (Å²) in [5.74, 6) is 2.00. The van der Waals surface area contributed by atoms with Crippen LogP contribution >= 0.6 is 11.6 Å². The number of β-amino-alcohol motifs (C(OH)–C–C–N with tert-alkyl or cyclic N) is 1. The Morgan fingerprint density at radius 2 is 1.75 bits per heavy atom. The maximum atomic E-state index is 9.79. The van der Waals surface area contributed by atoms with Gasteiger partial charge in [0, 0.05) is 74.1 Å². The third-order valence-corrected chi connectivity index (χ3v) is 9.46. The number of aromatic amines is 1. The topological polar surface area (TPSA) is 129 Å². The van der Waals surface area contributed by atoms with Gasteiger partial charge in [-0.05, 0) is 72.7 Å². The molecule has 51 heavy (non-hydrogen) atoms. The van der Waals surface area contributed by atoms with E-state index in [1.807, 2.05) is 36.5 Å². The van der Waals surface area contributed by atoms with Gasteiger partial charge in [0.25, 0.3) is 0 Å². The Balaban J connectivity index is 1.15. The van der Waals surface area contributed by atoms with Gasteiger partial charge in [-0.2, -0.15) is 10.4 Å². The second kappa shape index (κ2) is 17.3. The van der Waals surface area contributed by atoms with Crippen molar-refractivity contribution in [3.05, 3.63) is 123 Å². The summed E-state index contributed by atoms with van der Waals surface area (Å²) in [5, 5.41) is 29.8. The monoisotopic (exact) mass is 706 g/mol. The molecule has 3 N–H and O–H groups in total. The van der Waals surface area contributed by atoms with Gasteiger partial charge in [-0.3, -0.25) is 10.1 Å². The fourth-order valence-electron chi connectivity index (χ4n) is 6.30. The van der Waals surface area contributed by atoms with Gasteiger partial charge in [0.2, 0.25) is 0 Å². The quantitative estimate of drug-likeness (QED) is 0.0939. The molecule has 1 fully saturated rings. The number of aliphatic hydroxyl groups is 1. The van der Waals surface area contributed by atoms with Gasteiger partial charge in [0.1, 0.15) is 36.5 Å². The molecule has 1 atom stereocenters. The van der Waals surface area contributed by atoms with E-state index < -0.39 is 0 Å². The Kier molecular flexibility index (Phi) is 12.2. The first kappa shape index (κ1) is 35.9. The van der Waals surface area contributed by atoms with Crippen LogP contribution in [0.5, 0.6) is 17.2 Å². The lowest BCUT2D eigenvalue weighted by Gasteiger charge is -2.19. The molecule has 10 nitrogen and oxygen atoms in total. The van der Waals surface area contributed by atoms with Crippen molar-refractivity contribution in [1.82, 2.24) is 25.4 Å². The van der Waals surface area contributed by atoms with Crippen molar-refractivity contribution in [3.63, 3.8) is 0 Å². The van der Waals surface area contributed by atoms with E-state index in [1.165, 1.54) is 6.20 Å². The lowest BCUT2D eigenvalue weighted by molar-refractivity contribution is 0.173. The Morgan fingerprint density at radius 3 is 2.53 bits per heavy atom. The normalized spacial score (nSPS) is 14.4. The molecule has 0 radical (unpaired) electrons.